The summed E-state index contributed by atoms with van der Waals surface area (Å²) in [4.78, 5) is 121. The van der Waals surface area contributed by atoms with Gasteiger partial charge < -0.3 is 60.1 Å². The highest BCUT2D eigenvalue weighted by atomic mass is 16.2. The molecule has 23 nitrogen and oxygen atoms in total. The lowest BCUT2D eigenvalue weighted by molar-refractivity contribution is -0.116. The second kappa shape index (κ2) is 17.8. The predicted molar refractivity (Wildman–Crippen MR) is 261 cm³/mol. The number of aromatic nitrogens is 8. The molecule has 1 aliphatic heterocycles. The normalized spacial score (nSPS) is 16.3. The molecule has 23 heteroatoms. The Morgan fingerprint density at radius 1 is 0.694 bits per heavy atom. The standard InChI is InChI=1S/C49H47N15O8/c1-25(65)51-37-22-61(3)43(56-37)47(71)59-39-24-63(5)42(58-39)46(70)53-29-17-34(60(2)21-29)44(68)50-14-8-11-40(67)55-38-23-62(4)41(57-38)45(69)52-28-12-13-32-26(15-28)16-33(54-32)48(72)64-20-27-19-49(27)31-10-7-6-9-30(31)35(66)18-36(49)64/h6-7,9-10,12-13,15-18,21-24,27,54H,8,11,14,19-20H2,1-5H3,(H,50,68)(H,51,65)(H,52,69)(H,53,70)(H,55,67)(H,59,71). The number of anilines is 5. The molecule has 2 unspecified atom stereocenters. The van der Waals surface area contributed by atoms with Gasteiger partial charge in [-0.1, -0.05) is 24.3 Å². The monoisotopic (exact) mass is 973 g/mol. The summed E-state index contributed by atoms with van der Waals surface area (Å²) in [6.45, 7) is 2.00. The van der Waals surface area contributed by atoms with Crippen molar-refractivity contribution in [2.24, 2.45) is 34.1 Å². The molecule has 1 spiro atoms. The van der Waals surface area contributed by atoms with Gasteiger partial charge >= 0.3 is 0 Å². The maximum absolute atomic E-state index is 13.9. The van der Waals surface area contributed by atoms with Gasteiger partial charge in [0, 0.05) is 119 Å². The van der Waals surface area contributed by atoms with Crippen LogP contribution in [0, 0.1) is 5.92 Å². The first-order valence-electron chi connectivity index (χ1n) is 22.8. The fraction of sp³-hybridized carbons (Fsp3) is 0.245. The zero-order valence-corrected chi connectivity index (χ0v) is 39.5. The number of H-pyrrole nitrogens is 1. The van der Waals surface area contributed by atoms with E-state index in [9.17, 15) is 38.4 Å². The van der Waals surface area contributed by atoms with E-state index in [-0.39, 0.29) is 94.8 Å². The van der Waals surface area contributed by atoms with Crippen molar-refractivity contribution in [3.63, 3.8) is 0 Å². The number of likely N-dealkylation sites (tertiary alicyclic amines) is 1. The van der Waals surface area contributed by atoms with Crippen LogP contribution in [-0.2, 0) is 43.2 Å². The molecule has 5 aromatic heterocycles. The molecule has 366 valence electrons. The Hall–Kier alpha value is -9.41. The number of benzene rings is 2. The highest BCUT2D eigenvalue weighted by Gasteiger charge is 2.67. The molecule has 2 aromatic carbocycles. The first-order chi connectivity index (χ1) is 34.4. The molecule has 1 saturated carbocycles. The van der Waals surface area contributed by atoms with Gasteiger partial charge in [0.25, 0.3) is 29.5 Å². The third-order valence-electron chi connectivity index (χ3n) is 13.0. The molecule has 7 amide bonds. The molecule has 1 saturated heterocycles. The van der Waals surface area contributed by atoms with E-state index in [2.05, 4.69) is 51.8 Å². The van der Waals surface area contributed by atoms with E-state index >= 15 is 0 Å². The number of hydrogen-bond donors (Lipinski definition) is 7. The molecule has 7 aromatic rings. The van der Waals surface area contributed by atoms with E-state index in [1.165, 1.54) is 49.8 Å². The van der Waals surface area contributed by atoms with Gasteiger partial charge in [-0.25, -0.2) is 15.0 Å². The van der Waals surface area contributed by atoms with E-state index in [0.717, 1.165) is 17.7 Å². The number of imidazole rings is 3. The number of nitrogens with one attached hydrogen (secondary N) is 7. The summed E-state index contributed by atoms with van der Waals surface area (Å²) in [5.41, 5.74) is 4.21. The number of allylic oxidation sites excluding steroid dienone is 2. The van der Waals surface area contributed by atoms with Crippen molar-refractivity contribution in [3.05, 3.63) is 131 Å². The molecule has 7 N–H and O–H groups in total. The number of hydrogen-bond acceptors (Lipinski definition) is 11. The van der Waals surface area contributed by atoms with Gasteiger partial charge in [-0.2, -0.15) is 0 Å². The molecular weight excluding hydrogens is 927 g/mol. The van der Waals surface area contributed by atoms with Gasteiger partial charge in [-0.15, -0.1) is 0 Å². The average Bonchev–Trinajstić information content (AvgIpc) is 3.99. The number of rotatable bonds is 14. The van der Waals surface area contributed by atoms with Crippen LogP contribution in [0.5, 0.6) is 0 Å². The van der Waals surface area contributed by atoms with E-state index in [1.54, 1.807) is 69.6 Å². The maximum Gasteiger partial charge on any atom is 0.292 e. The quantitative estimate of drug-likeness (QED) is 0.0763. The van der Waals surface area contributed by atoms with Crippen molar-refractivity contribution in [2.45, 2.75) is 31.6 Å². The van der Waals surface area contributed by atoms with Crippen LogP contribution in [0.25, 0.3) is 10.9 Å². The highest BCUT2D eigenvalue weighted by molar-refractivity contribution is 6.11. The summed E-state index contributed by atoms with van der Waals surface area (Å²) in [7, 11) is 6.42. The SMILES string of the molecule is CC(=O)Nc1cn(C)c(C(=O)Nc2cn(C)c(C(=O)Nc3cc(C(=O)NCCCC(=O)Nc4cn(C)c(C(=O)Nc5ccc6[nH]c(C(=O)N7CC8CC89C7=CC(=O)c7ccccc79)cc6c5)n4)n(C)c3)n2)n1. The molecule has 6 heterocycles. The average molecular weight is 974 g/mol. The summed E-state index contributed by atoms with van der Waals surface area (Å²) in [6, 6.07) is 16.1. The van der Waals surface area contributed by atoms with Gasteiger partial charge in [-0.3, -0.25) is 38.4 Å². The van der Waals surface area contributed by atoms with Crippen LogP contribution in [0.1, 0.15) is 94.9 Å². The van der Waals surface area contributed by atoms with Gasteiger partial charge in [0.1, 0.15) is 11.4 Å². The third kappa shape index (κ3) is 8.55. The van der Waals surface area contributed by atoms with E-state index in [4.69, 9.17) is 0 Å². The Morgan fingerprint density at radius 2 is 1.32 bits per heavy atom. The third-order valence-corrected chi connectivity index (χ3v) is 13.0. The molecule has 0 bridgehead atoms. The summed E-state index contributed by atoms with van der Waals surface area (Å²) in [5.74, 6) is -2.54. The van der Waals surface area contributed by atoms with Crippen LogP contribution >= 0.6 is 0 Å². The first-order valence-corrected chi connectivity index (χ1v) is 22.8. The van der Waals surface area contributed by atoms with Gasteiger partial charge in [0.05, 0.1) is 5.69 Å². The molecule has 72 heavy (non-hydrogen) atoms. The summed E-state index contributed by atoms with van der Waals surface area (Å²) in [6.07, 6.45) is 8.81. The Labute approximate surface area is 409 Å². The second-order valence-electron chi connectivity index (χ2n) is 18.1. The zero-order valence-electron chi connectivity index (χ0n) is 39.5. The van der Waals surface area contributed by atoms with Crippen LogP contribution in [0.3, 0.4) is 0 Å². The lowest BCUT2D eigenvalue weighted by atomic mass is 9.81. The smallest absolute Gasteiger partial charge is 0.292 e. The molecule has 10 rings (SSSR count). The number of fused-ring (bicyclic) bond motifs is 2. The summed E-state index contributed by atoms with van der Waals surface area (Å²) < 4.78 is 5.86. The Morgan fingerprint density at radius 3 is 2.00 bits per heavy atom. The van der Waals surface area contributed by atoms with Gasteiger partial charge in [0.2, 0.25) is 29.3 Å². The van der Waals surface area contributed by atoms with Gasteiger partial charge in [-0.05, 0) is 54.7 Å². The minimum absolute atomic E-state index is 0.00554. The number of carbonyl (C=O) groups is 8. The maximum atomic E-state index is 13.9. The topological polar surface area (TPSA) is 286 Å². The van der Waals surface area contributed by atoms with E-state index in [1.807, 2.05) is 24.3 Å². The number of aromatic amines is 1. The van der Waals surface area contributed by atoms with Crippen LogP contribution in [0.2, 0.25) is 0 Å². The lowest BCUT2D eigenvalue weighted by Crippen LogP contribution is -2.33. The Balaban J connectivity index is 0.681. The van der Waals surface area contributed by atoms with Crippen LogP contribution in [-0.4, -0.2) is 103 Å². The van der Waals surface area contributed by atoms with E-state index < -0.39 is 23.6 Å². The molecule has 2 aliphatic carbocycles. The van der Waals surface area contributed by atoms with Crippen LogP contribution in [0.15, 0.2) is 91.2 Å². The first kappa shape index (κ1) is 46.3. The van der Waals surface area contributed by atoms with E-state index in [0.29, 0.717) is 40.1 Å². The number of amides is 7. The fourth-order valence-electron chi connectivity index (χ4n) is 9.59. The van der Waals surface area contributed by atoms with Crippen molar-refractivity contribution in [3.8, 4) is 0 Å². The number of piperidine rings is 1. The van der Waals surface area contributed by atoms with Crippen molar-refractivity contribution in [1.29, 1.82) is 0 Å². The minimum atomic E-state index is -0.614. The number of nitrogens with zero attached hydrogens (tertiary/aromatic N) is 8. The molecule has 3 aliphatic rings. The molecular formula is C49H47N15O8. The zero-order chi connectivity index (χ0) is 50.7. The summed E-state index contributed by atoms with van der Waals surface area (Å²) in [5, 5.41) is 16.8. The Bertz CT molecular complexity index is 3510. The molecule has 2 atom stereocenters. The highest BCUT2D eigenvalue weighted by Crippen LogP contribution is 2.66. The van der Waals surface area contributed by atoms with Crippen molar-refractivity contribution in [1.82, 2.24) is 48.4 Å². The van der Waals surface area contributed by atoms with Crippen LogP contribution < -0.4 is 31.9 Å². The van der Waals surface area contributed by atoms with Crippen molar-refractivity contribution >= 4 is 86.9 Å². The van der Waals surface area contributed by atoms with Crippen LogP contribution in [0.4, 0.5) is 28.8 Å². The predicted octanol–water partition coefficient (Wildman–Crippen LogP) is 4.06. The minimum Gasteiger partial charge on any atom is -0.351 e. The Kier molecular flexibility index (Phi) is 11.5. The molecule has 0 radical (unpaired) electrons. The fourth-order valence-corrected chi connectivity index (χ4v) is 9.59. The van der Waals surface area contributed by atoms with Crippen molar-refractivity contribution in [2.75, 3.05) is 39.7 Å². The molecule has 2 fully saturated rings. The second-order valence-corrected chi connectivity index (χ2v) is 18.1. The van der Waals surface area contributed by atoms with Crippen molar-refractivity contribution < 1.29 is 38.4 Å². The largest absolute Gasteiger partial charge is 0.351 e. The summed E-state index contributed by atoms with van der Waals surface area (Å²) >= 11 is 0. The van der Waals surface area contributed by atoms with Gasteiger partial charge in [0.15, 0.2) is 23.2 Å². The number of carbonyl (C=O) groups excluding carboxylic acids is 8. The number of aryl methyl sites for hydroxylation is 4. The number of ketones is 1. The lowest BCUT2D eigenvalue weighted by Gasteiger charge is -2.29.